The zero-order valence-corrected chi connectivity index (χ0v) is 13.2. The molecule has 2 unspecified atom stereocenters. The average molecular weight is 278 g/mol. The molecule has 1 heterocycles. The molecule has 0 amide bonds. The predicted molar refractivity (Wildman–Crippen MR) is 85.9 cm³/mol. The molecule has 2 nitrogen and oxygen atoms in total. The first-order chi connectivity index (χ1) is 9.24. The lowest BCUT2D eigenvalue weighted by Crippen LogP contribution is -2.47. The molecule has 2 rings (SSSR count). The normalized spacial score (nSPS) is 20.3. The van der Waals surface area contributed by atoms with Crippen LogP contribution in [0.4, 0.5) is 0 Å². The zero-order chi connectivity index (χ0) is 13.7. The van der Waals surface area contributed by atoms with E-state index in [0.717, 1.165) is 19.5 Å². The molecule has 3 heteroatoms. The van der Waals surface area contributed by atoms with E-state index in [1.807, 2.05) is 11.8 Å². The summed E-state index contributed by atoms with van der Waals surface area (Å²) in [5.41, 5.74) is 3.00. The quantitative estimate of drug-likeness (QED) is 0.861. The highest BCUT2D eigenvalue weighted by Gasteiger charge is 2.21. The monoisotopic (exact) mass is 278 g/mol. The van der Waals surface area contributed by atoms with Crippen LogP contribution >= 0.6 is 11.8 Å². The number of benzene rings is 1. The van der Waals surface area contributed by atoms with Gasteiger partial charge >= 0.3 is 0 Å². The lowest BCUT2D eigenvalue weighted by atomic mass is 9.95. The van der Waals surface area contributed by atoms with Crippen molar-refractivity contribution in [1.82, 2.24) is 10.2 Å². The van der Waals surface area contributed by atoms with Crippen molar-refractivity contribution in [2.24, 2.45) is 0 Å². The van der Waals surface area contributed by atoms with Crippen molar-refractivity contribution in [3.63, 3.8) is 0 Å². The van der Waals surface area contributed by atoms with Crippen molar-refractivity contribution in [2.75, 3.05) is 25.6 Å². The number of thioether (sulfide) groups is 1. The molecule has 0 fully saturated rings. The first kappa shape index (κ1) is 14.9. The fourth-order valence-electron chi connectivity index (χ4n) is 2.90. The number of fused-ring (bicyclic) bond motifs is 1. The molecule has 0 saturated carbocycles. The highest BCUT2D eigenvalue weighted by molar-refractivity contribution is 7.98. The lowest BCUT2D eigenvalue weighted by molar-refractivity contribution is 0.222. The van der Waals surface area contributed by atoms with E-state index in [9.17, 15) is 0 Å². The second-order valence-electron chi connectivity index (χ2n) is 5.51. The van der Waals surface area contributed by atoms with Crippen LogP contribution in [-0.2, 0) is 13.0 Å². The third kappa shape index (κ3) is 3.98. The van der Waals surface area contributed by atoms with Crippen molar-refractivity contribution in [1.29, 1.82) is 0 Å². The van der Waals surface area contributed by atoms with Gasteiger partial charge in [-0.2, -0.15) is 11.8 Å². The Balaban J connectivity index is 1.91. The van der Waals surface area contributed by atoms with Crippen molar-refractivity contribution in [3.05, 3.63) is 35.4 Å². The van der Waals surface area contributed by atoms with Crippen LogP contribution in [-0.4, -0.2) is 42.6 Å². The summed E-state index contributed by atoms with van der Waals surface area (Å²) >= 11 is 1.95. The first-order valence-corrected chi connectivity index (χ1v) is 8.63. The fraction of sp³-hybridized carbons (Fsp3) is 0.625. The van der Waals surface area contributed by atoms with Crippen molar-refractivity contribution in [2.45, 2.75) is 38.4 Å². The first-order valence-electron chi connectivity index (χ1n) is 7.24. The third-order valence-corrected chi connectivity index (χ3v) is 4.85. The Morgan fingerprint density at radius 3 is 2.79 bits per heavy atom. The van der Waals surface area contributed by atoms with Gasteiger partial charge in [0.2, 0.25) is 0 Å². The van der Waals surface area contributed by atoms with Gasteiger partial charge in [0.05, 0.1) is 0 Å². The number of rotatable bonds is 6. The molecule has 2 atom stereocenters. The van der Waals surface area contributed by atoms with Crippen molar-refractivity contribution in [3.8, 4) is 0 Å². The SMILES string of the molecule is CCC(CSC)N(C)CC1Cc2ccccc2CN1. The van der Waals surface area contributed by atoms with Gasteiger partial charge in [-0.25, -0.2) is 0 Å². The number of hydrogen-bond donors (Lipinski definition) is 1. The smallest absolute Gasteiger partial charge is 0.0238 e. The van der Waals surface area contributed by atoms with Crippen LogP contribution in [0.25, 0.3) is 0 Å². The van der Waals surface area contributed by atoms with Gasteiger partial charge in [-0.3, -0.25) is 0 Å². The molecule has 1 aliphatic heterocycles. The Morgan fingerprint density at radius 2 is 2.11 bits per heavy atom. The van der Waals surface area contributed by atoms with Crippen LogP contribution in [0.15, 0.2) is 24.3 Å². The minimum atomic E-state index is 0.593. The van der Waals surface area contributed by atoms with Crippen LogP contribution in [0.5, 0.6) is 0 Å². The molecule has 0 spiro atoms. The maximum atomic E-state index is 3.68. The summed E-state index contributed by atoms with van der Waals surface area (Å²) in [6.07, 6.45) is 4.60. The number of nitrogens with zero attached hydrogens (tertiary/aromatic N) is 1. The molecule has 19 heavy (non-hydrogen) atoms. The molecule has 1 aromatic carbocycles. The van der Waals surface area contributed by atoms with E-state index in [0.29, 0.717) is 12.1 Å². The molecule has 1 N–H and O–H groups in total. The van der Waals surface area contributed by atoms with E-state index < -0.39 is 0 Å². The zero-order valence-electron chi connectivity index (χ0n) is 12.4. The second kappa shape index (κ2) is 7.32. The third-order valence-electron chi connectivity index (χ3n) is 4.13. The van der Waals surface area contributed by atoms with E-state index in [-0.39, 0.29) is 0 Å². The molecule has 106 valence electrons. The van der Waals surface area contributed by atoms with Gasteiger partial charge in [-0.1, -0.05) is 31.2 Å². The van der Waals surface area contributed by atoms with Crippen LogP contribution in [0.1, 0.15) is 24.5 Å². The molecule has 0 radical (unpaired) electrons. The highest BCUT2D eigenvalue weighted by atomic mass is 32.2. The molecule has 0 aliphatic carbocycles. The second-order valence-corrected chi connectivity index (χ2v) is 6.42. The maximum absolute atomic E-state index is 3.68. The summed E-state index contributed by atoms with van der Waals surface area (Å²) in [5, 5.41) is 3.68. The van der Waals surface area contributed by atoms with Gasteiger partial charge < -0.3 is 10.2 Å². The van der Waals surface area contributed by atoms with E-state index in [4.69, 9.17) is 0 Å². The summed E-state index contributed by atoms with van der Waals surface area (Å²) in [6.45, 7) is 4.46. The standard InChI is InChI=1S/C16H26N2S/c1-4-16(12-19-3)18(2)11-15-9-13-7-5-6-8-14(13)10-17-15/h5-8,15-17H,4,9-12H2,1-3H3. The molecular formula is C16H26N2S. The van der Waals surface area contributed by atoms with E-state index in [1.165, 1.54) is 23.3 Å². The Labute approximate surface area is 122 Å². The number of nitrogens with one attached hydrogen (secondary N) is 1. The topological polar surface area (TPSA) is 15.3 Å². The number of likely N-dealkylation sites (N-methyl/N-ethyl adjacent to an activating group) is 1. The number of hydrogen-bond acceptors (Lipinski definition) is 3. The fourth-order valence-corrected chi connectivity index (χ4v) is 3.77. The van der Waals surface area contributed by atoms with Crippen LogP contribution in [0.2, 0.25) is 0 Å². The van der Waals surface area contributed by atoms with Gasteiger partial charge in [0.1, 0.15) is 0 Å². The summed E-state index contributed by atoms with van der Waals surface area (Å²) in [4.78, 5) is 2.53. The average Bonchev–Trinajstić information content (AvgIpc) is 2.44. The van der Waals surface area contributed by atoms with E-state index in [1.54, 1.807) is 0 Å². The highest BCUT2D eigenvalue weighted by Crippen LogP contribution is 2.17. The van der Waals surface area contributed by atoms with Gasteiger partial charge in [0, 0.05) is 30.9 Å². The van der Waals surface area contributed by atoms with Crippen LogP contribution in [0.3, 0.4) is 0 Å². The molecule has 1 aliphatic rings. The van der Waals surface area contributed by atoms with Crippen LogP contribution in [0, 0.1) is 0 Å². The maximum Gasteiger partial charge on any atom is 0.0238 e. The summed E-state index contributed by atoms with van der Waals surface area (Å²) in [5.74, 6) is 1.23. The van der Waals surface area contributed by atoms with Gasteiger partial charge in [0.25, 0.3) is 0 Å². The Morgan fingerprint density at radius 1 is 1.37 bits per heavy atom. The Kier molecular flexibility index (Phi) is 5.74. The van der Waals surface area contributed by atoms with Gasteiger partial charge in [0.15, 0.2) is 0 Å². The lowest BCUT2D eigenvalue weighted by Gasteiger charge is -2.33. The summed E-state index contributed by atoms with van der Waals surface area (Å²) in [7, 11) is 2.27. The molecule has 0 bridgehead atoms. The van der Waals surface area contributed by atoms with E-state index in [2.05, 4.69) is 54.7 Å². The molecular weight excluding hydrogens is 252 g/mol. The summed E-state index contributed by atoms with van der Waals surface area (Å²) < 4.78 is 0. The summed E-state index contributed by atoms with van der Waals surface area (Å²) in [6, 6.07) is 10.1. The largest absolute Gasteiger partial charge is 0.308 e. The van der Waals surface area contributed by atoms with Crippen molar-refractivity contribution < 1.29 is 0 Å². The van der Waals surface area contributed by atoms with E-state index >= 15 is 0 Å². The molecule has 0 aromatic heterocycles. The molecule has 0 saturated heterocycles. The predicted octanol–water partition coefficient (Wildman–Crippen LogP) is 2.77. The molecule has 1 aromatic rings. The Hall–Kier alpha value is -0.510. The van der Waals surface area contributed by atoms with Gasteiger partial charge in [-0.05, 0) is 37.3 Å². The minimum Gasteiger partial charge on any atom is -0.308 e. The van der Waals surface area contributed by atoms with Crippen molar-refractivity contribution >= 4 is 11.8 Å². The Bertz CT molecular complexity index is 394. The van der Waals surface area contributed by atoms with Gasteiger partial charge in [-0.15, -0.1) is 0 Å². The minimum absolute atomic E-state index is 0.593. The van der Waals surface area contributed by atoms with Crippen LogP contribution < -0.4 is 5.32 Å².